The van der Waals surface area contributed by atoms with Crippen LogP contribution in [-0.2, 0) is 0 Å². The van der Waals surface area contributed by atoms with E-state index in [4.69, 9.17) is 5.11 Å². The number of pyridine rings is 1. The van der Waals surface area contributed by atoms with Gasteiger partial charge in [-0.05, 0) is 17.8 Å². The summed E-state index contributed by atoms with van der Waals surface area (Å²) in [5.74, 6) is -1.26. The topological polar surface area (TPSA) is 135 Å². The first-order valence-electron chi connectivity index (χ1n) is 4.50. The van der Waals surface area contributed by atoms with Gasteiger partial charge in [0.05, 0.1) is 4.92 Å². The van der Waals surface area contributed by atoms with Crippen molar-refractivity contribution in [3.05, 3.63) is 34.3 Å². The van der Waals surface area contributed by atoms with E-state index in [2.05, 4.69) is 20.2 Å². The number of carboxylic acids is 1. The fourth-order valence-corrected chi connectivity index (χ4v) is 1.87. The summed E-state index contributed by atoms with van der Waals surface area (Å²) >= 11 is 0.836. The van der Waals surface area contributed by atoms with Gasteiger partial charge in [0.15, 0.2) is 10.2 Å². The molecule has 0 radical (unpaired) electrons. The predicted octanol–water partition coefficient (Wildman–Crippen LogP) is 0.957. The summed E-state index contributed by atoms with van der Waals surface area (Å²) < 4.78 is 0. The largest absolute Gasteiger partial charge is 0.477 e. The number of H-pyrrole nitrogens is 1. The molecule has 2 N–H and O–H groups in total. The van der Waals surface area contributed by atoms with Crippen LogP contribution >= 0.6 is 11.8 Å². The summed E-state index contributed by atoms with van der Waals surface area (Å²) in [4.78, 5) is 28.4. The molecule has 2 aromatic rings. The lowest BCUT2D eigenvalue weighted by Gasteiger charge is -2.00. The lowest BCUT2D eigenvalue weighted by Crippen LogP contribution is -2.03. The van der Waals surface area contributed by atoms with Crippen molar-refractivity contribution in [3.8, 4) is 0 Å². The molecular weight excluding hydrogens is 262 g/mol. The normalized spacial score (nSPS) is 10.2. The van der Waals surface area contributed by atoms with Crippen LogP contribution in [0.1, 0.15) is 10.5 Å². The molecule has 0 aliphatic heterocycles. The summed E-state index contributed by atoms with van der Waals surface area (Å²) in [5, 5.41) is 25.9. The van der Waals surface area contributed by atoms with Gasteiger partial charge in [-0.3, -0.25) is 15.2 Å². The first-order chi connectivity index (χ1) is 8.58. The fraction of sp³-hybridized carbons (Fsp3) is 0. The molecule has 9 nitrogen and oxygen atoms in total. The smallest absolute Gasteiger partial charge is 0.354 e. The predicted molar refractivity (Wildman–Crippen MR) is 58.4 cm³/mol. The second-order valence-electron chi connectivity index (χ2n) is 2.98. The molecule has 0 saturated heterocycles. The van der Waals surface area contributed by atoms with Crippen molar-refractivity contribution >= 4 is 23.4 Å². The molecule has 2 heterocycles. The Hall–Kier alpha value is -2.49. The Morgan fingerprint density at radius 1 is 1.50 bits per heavy atom. The monoisotopic (exact) mass is 267 g/mol. The number of aromatic amines is 1. The van der Waals surface area contributed by atoms with Gasteiger partial charge in [-0.2, -0.15) is 5.10 Å². The van der Waals surface area contributed by atoms with E-state index in [0.717, 1.165) is 23.9 Å². The van der Waals surface area contributed by atoms with E-state index in [1.54, 1.807) is 0 Å². The molecule has 0 atom stereocenters. The zero-order valence-corrected chi connectivity index (χ0v) is 9.42. The Bertz CT molecular complexity index is 600. The lowest BCUT2D eigenvalue weighted by molar-refractivity contribution is -0.388. The van der Waals surface area contributed by atoms with Crippen LogP contribution < -0.4 is 0 Å². The highest BCUT2D eigenvalue weighted by Crippen LogP contribution is 2.30. The van der Waals surface area contributed by atoms with Gasteiger partial charge < -0.3 is 5.11 Å². The molecule has 0 aromatic carbocycles. The van der Waals surface area contributed by atoms with Crippen molar-refractivity contribution < 1.29 is 14.8 Å². The van der Waals surface area contributed by atoms with Crippen LogP contribution in [0, 0.1) is 10.1 Å². The molecule has 2 aromatic heterocycles. The third kappa shape index (κ3) is 2.43. The molecule has 0 amide bonds. The van der Waals surface area contributed by atoms with Crippen LogP contribution in [0.3, 0.4) is 0 Å². The minimum atomic E-state index is -1.26. The van der Waals surface area contributed by atoms with Gasteiger partial charge in [0.1, 0.15) is 12.0 Å². The van der Waals surface area contributed by atoms with Crippen LogP contribution in [0.2, 0.25) is 0 Å². The third-order valence-electron chi connectivity index (χ3n) is 1.84. The molecule has 0 aliphatic rings. The molecule has 0 aliphatic carbocycles. The molecule has 18 heavy (non-hydrogen) atoms. The Morgan fingerprint density at radius 2 is 2.28 bits per heavy atom. The number of nitro groups is 1. The molecule has 0 spiro atoms. The van der Waals surface area contributed by atoms with Gasteiger partial charge in [-0.1, -0.05) is 0 Å². The van der Waals surface area contributed by atoms with Crippen LogP contribution in [0.4, 0.5) is 5.69 Å². The van der Waals surface area contributed by atoms with E-state index >= 15 is 0 Å². The molecule has 10 heteroatoms. The van der Waals surface area contributed by atoms with Crippen molar-refractivity contribution in [1.82, 2.24) is 20.2 Å². The number of carbonyl (C=O) groups is 1. The van der Waals surface area contributed by atoms with Crippen LogP contribution in [-0.4, -0.2) is 36.2 Å². The second kappa shape index (κ2) is 4.79. The summed E-state index contributed by atoms with van der Waals surface area (Å²) in [6.07, 6.45) is 1.23. The zero-order valence-electron chi connectivity index (χ0n) is 8.60. The molecular formula is C8H5N5O4S. The maximum atomic E-state index is 10.8. The Balaban J connectivity index is 2.43. The molecule has 0 fully saturated rings. The number of aromatic nitrogens is 4. The molecule has 0 bridgehead atoms. The van der Waals surface area contributed by atoms with Crippen LogP contribution in [0.25, 0.3) is 0 Å². The van der Waals surface area contributed by atoms with Gasteiger partial charge in [0.25, 0.3) is 0 Å². The highest BCUT2D eigenvalue weighted by molar-refractivity contribution is 7.99. The highest BCUT2D eigenvalue weighted by atomic mass is 32.2. The van der Waals surface area contributed by atoms with Gasteiger partial charge in [0, 0.05) is 6.07 Å². The average molecular weight is 267 g/mol. The van der Waals surface area contributed by atoms with E-state index in [-0.39, 0.29) is 21.6 Å². The number of carboxylic acid groups (broad SMARTS) is 1. The summed E-state index contributed by atoms with van der Waals surface area (Å²) in [6, 6.07) is 2.17. The summed E-state index contributed by atoms with van der Waals surface area (Å²) in [6.45, 7) is 0. The van der Waals surface area contributed by atoms with Crippen LogP contribution in [0.5, 0.6) is 0 Å². The fourth-order valence-electron chi connectivity index (χ4n) is 1.10. The third-order valence-corrected chi connectivity index (χ3v) is 2.73. The number of hydrogen-bond donors (Lipinski definition) is 2. The lowest BCUT2D eigenvalue weighted by atomic mass is 10.3. The van der Waals surface area contributed by atoms with Crippen molar-refractivity contribution in [2.75, 3.05) is 0 Å². The highest BCUT2D eigenvalue weighted by Gasteiger charge is 2.20. The maximum Gasteiger partial charge on any atom is 0.354 e. The Kier molecular flexibility index (Phi) is 3.19. The molecule has 0 saturated carbocycles. The minimum Gasteiger partial charge on any atom is -0.477 e. The number of hydrogen-bond acceptors (Lipinski definition) is 7. The van der Waals surface area contributed by atoms with E-state index in [1.165, 1.54) is 6.33 Å². The molecule has 0 unspecified atom stereocenters. The van der Waals surface area contributed by atoms with Crippen molar-refractivity contribution in [3.63, 3.8) is 0 Å². The molecule has 92 valence electrons. The van der Waals surface area contributed by atoms with Crippen molar-refractivity contribution in [2.45, 2.75) is 10.2 Å². The van der Waals surface area contributed by atoms with Crippen molar-refractivity contribution in [2.24, 2.45) is 0 Å². The number of rotatable bonds is 4. The Labute approximate surface area is 103 Å². The average Bonchev–Trinajstić information content (AvgIpc) is 2.81. The van der Waals surface area contributed by atoms with Gasteiger partial charge in [-0.15, -0.1) is 0 Å². The Morgan fingerprint density at radius 3 is 2.83 bits per heavy atom. The van der Waals surface area contributed by atoms with E-state index in [0.29, 0.717) is 0 Å². The second-order valence-corrected chi connectivity index (χ2v) is 3.95. The summed E-state index contributed by atoms with van der Waals surface area (Å²) in [7, 11) is 0. The van der Waals surface area contributed by atoms with Crippen LogP contribution in [0.15, 0.2) is 28.6 Å². The van der Waals surface area contributed by atoms with Gasteiger partial charge >= 0.3 is 11.7 Å². The minimum absolute atomic E-state index is 0.0587. The van der Waals surface area contributed by atoms with Gasteiger partial charge in [-0.25, -0.2) is 14.8 Å². The summed E-state index contributed by atoms with van der Waals surface area (Å²) in [5.41, 5.74) is -0.566. The van der Waals surface area contributed by atoms with E-state index in [9.17, 15) is 14.9 Å². The molecule has 2 rings (SSSR count). The maximum absolute atomic E-state index is 10.8. The number of nitrogens with one attached hydrogen (secondary N) is 1. The van der Waals surface area contributed by atoms with Crippen molar-refractivity contribution in [1.29, 1.82) is 0 Å². The first-order valence-corrected chi connectivity index (χ1v) is 5.31. The standard InChI is InChI=1S/C8H5N5O4S/c14-7(15)4-1-2-5(13(16)17)6(11-4)18-8-9-3-10-12-8/h1-3H,(H,14,15)(H,9,10,12). The quantitative estimate of drug-likeness (QED) is 0.617. The van der Waals surface area contributed by atoms with E-state index in [1.807, 2.05) is 0 Å². The van der Waals surface area contributed by atoms with Gasteiger partial charge in [0.2, 0.25) is 0 Å². The van der Waals surface area contributed by atoms with E-state index < -0.39 is 10.9 Å². The SMILES string of the molecule is O=C(O)c1ccc([N+](=O)[O-])c(Sc2ncn[nH]2)n1. The number of nitrogens with zero attached hydrogens (tertiary/aromatic N) is 4. The number of aromatic carboxylic acids is 1. The zero-order chi connectivity index (χ0) is 13.1. The first kappa shape index (κ1) is 12.0.